The summed E-state index contributed by atoms with van der Waals surface area (Å²) in [5.74, 6) is -4.24. The summed E-state index contributed by atoms with van der Waals surface area (Å²) in [6, 6.07) is 9.85. The standard InChI is InChI=1S/C40H50F4N4O5/c1-5-24(3)29(21-27(49)20-26-10-7-8-13-33(26)41)37(51)46-39(35(50)22-30(25(4)6-2)38(52)47-48-16-18-53-19-17-48)15-14-34-31(23-39)28-11-9-12-32(36(28)45-34)40(42,43)44/h7-13,24-25,29-30,45H,5-6,14-23H2,1-4H3,(H,46,51)(H,47,52)/t24?,25?,29-,30-,39+/m0/s1. The molecule has 2 aliphatic rings. The van der Waals surface area contributed by atoms with Gasteiger partial charge in [0, 0.05) is 61.7 Å². The number of halogens is 4. The lowest BCUT2D eigenvalue weighted by molar-refractivity contribution is -0.141. The van der Waals surface area contributed by atoms with Crippen molar-refractivity contribution in [2.24, 2.45) is 23.7 Å². The molecule has 0 bridgehead atoms. The second kappa shape index (κ2) is 16.9. The fourth-order valence-electron chi connectivity index (χ4n) is 7.60. The summed E-state index contributed by atoms with van der Waals surface area (Å²) >= 11 is 0. The fraction of sp³-hybridized carbons (Fsp3) is 0.550. The minimum Gasteiger partial charge on any atom is -0.379 e. The van der Waals surface area contributed by atoms with Gasteiger partial charge in [-0.3, -0.25) is 24.6 Å². The number of nitrogens with zero attached hydrogens (tertiary/aromatic N) is 1. The molecule has 1 fully saturated rings. The van der Waals surface area contributed by atoms with Crippen LogP contribution < -0.4 is 10.7 Å². The number of carbonyl (C=O) groups is 4. The SMILES string of the molecule is CCC(C)[C@H](CC(=O)[C@@]1(NC(=O)[C@@H](CC(=O)Cc2ccccc2F)C(C)CC)CCc2[nH]c3c(C(F)(F)F)cccc3c2C1)C(=O)NN1CCOCC1. The zero-order valence-corrected chi connectivity index (χ0v) is 30.8. The van der Waals surface area contributed by atoms with Gasteiger partial charge in [-0.1, -0.05) is 70.9 Å². The molecule has 9 nitrogen and oxygen atoms in total. The molecule has 13 heteroatoms. The first-order valence-electron chi connectivity index (χ1n) is 18.6. The number of aromatic amines is 1. The number of amides is 2. The molecule has 0 radical (unpaired) electrons. The van der Waals surface area contributed by atoms with Gasteiger partial charge in [0.15, 0.2) is 5.78 Å². The average Bonchev–Trinajstić information content (AvgIpc) is 3.50. The number of aromatic nitrogens is 1. The Labute approximate surface area is 307 Å². The van der Waals surface area contributed by atoms with E-state index in [1.54, 1.807) is 17.1 Å². The Morgan fingerprint density at radius 3 is 2.23 bits per heavy atom. The zero-order valence-electron chi connectivity index (χ0n) is 30.8. The molecule has 0 spiro atoms. The number of alkyl halides is 3. The fourth-order valence-corrected chi connectivity index (χ4v) is 7.60. The number of para-hydroxylation sites is 1. The normalized spacial score (nSPS) is 20.2. The Hall–Kier alpha value is -4.10. The number of benzene rings is 2. The van der Waals surface area contributed by atoms with Gasteiger partial charge < -0.3 is 15.0 Å². The van der Waals surface area contributed by atoms with E-state index < -0.39 is 46.6 Å². The number of hydrogen-bond acceptors (Lipinski definition) is 6. The number of aryl methyl sites for hydroxylation is 1. The van der Waals surface area contributed by atoms with Gasteiger partial charge >= 0.3 is 6.18 Å². The number of Topliss-reactive ketones (excluding diaryl/α,β-unsaturated/α-hetero) is 2. The summed E-state index contributed by atoms with van der Waals surface area (Å²) in [4.78, 5) is 59.2. The molecule has 1 aromatic heterocycles. The van der Waals surface area contributed by atoms with Crippen LogP contribution in [0, 0.1) is 29.5 Å². The predicted octanol–water partition coefficient (Wildman–Crippen LogP) is 6.52. The number of rotatable bonds is 15. The van der Waals surface area contributed by atoms with Crippen molar-refractivity contribution in [3.63, 3.8) is 0 Å². The Bertz CT molecular complexity index is 1800. The maximum absolute atomic E-state index is 14.8. The molecule has 3 N–H and O–H groups in total. The maximum atomic E-state index is 14.8. The molecule has 288 valence electrons. The molecule has 2 heterocycles. The lowest BCUT2D eigenvalue weighted by Crippen LogP contribution is -2.60. The van der Waals surface area contributed by atoms with Crippen LogP contribution in [-0.2, 0) is 49.4 Å². The average molecular weight is 743 g/mol. The first kappa shape index (κ1) is 40.1. The Morgan fingerprint density at radius 1 is 0.925 bits per heavy atom. The van der Waals surface area contributed by atoms with Crippen molar-refractivity contribution in [2.45, 2.75) is 90.8 Å². The molecule has 2 aromatic carbocycles. The first-order chi connectivity index (χ1) is 25.2. The molecule has 1 aliphatic heterocycles. The van der Waals surface area contributed by atoms with Gasteiger partial charge in [0.2, 0.25) is 11.8 Å². The molecule has 3 aromatic rings. The Balaban J connectivity index is 1.49. The second-order valence-corrected chi connectivity index (χ2v) is 14.8. The molecule has 53 heavy (non-hydrogen) atoms. The van der Waals surface area contributed by atoms with E-state index in [1.807, 2.05) is 27.7 Å². The molecule has 2 unspecified atom stereocenters. The van der Waals surface area contributed by atoms with Crippen molar-refractivity contribution >= 4 is 34.3 Å². The second-order valence-electron chi connectivity index (χ2n) is 14.8. The highest BCUT2D eigenvalue weighted by Crippen LogP contribution is 2.41. The zero-order chi connectivity index (χ0) is 38.5. The van der Waals surface area contributed by atoms with Crippen LogP contribution in [0.3, 0.4) is 0 Å². The number of carbonyl (C=O) groups excluding carboxylic acids is 4. The van der Waals surface area contributed by atoms with Gasteiger partial charge in [0.1, 0.15) is 17.1 Å². The van der Waals surface area contributed by atoms with Crippen molar-refractivity contribution in [2.75, 3.05) is 26.3 Å². The van der Waals surface area contributed by atoms with Crippen molar-refractivity contribution in [1.82, 2.24) is 20.7 Å². The van der Waals surface area contributed by atoms with E-state index in [2.05, 4.69) is 15.7 Å². The smallest absolute Gasteiger partial charge is 0.379 e. The van der Waals surface area contributed by atoms with Crippen LogP contribution in [0.15, 0.2) is 42.5 Å². The summed E-state index contributed by atoms with van der Waals surface area (Å²) < 4.78 is 62.0. The number of H-pyrrole nitrogens is 1. The first-order valence-corrected chi connectivity index (χ1v) is 18.6. The number of ketones is 2. The van der Waals surface area contributed by atoms with Crippen molar-refractivity contribution < 1.29 is 41.5 Å². The molecule has 1 aliphatic carbocycles. The van der Waals surface area contributed by atoms with Gasteiger partial charge in [-0.05, 0) is 47.9 Å². The number of nitrogens with one attached hydrogen (secondary N) is 3. The van der Waals surface area contributed by atoms with Gasteiger partial charge in [-0.25, -0.2) is 9.40 Å². The minimum absolute atomic E-state index is 0.0768. The highest BCUT2D eigenvalue weighted by atomic mass is 19.4. The van der Waals surface area contributed by atoms with Crippen LogP contribution in [0.2, 0.25) is 0 Å². The van der Waals surface area contributed by atoms with Gasteiger partial charge in [0.05, 0.1) is 24.3 Å². The van der Waals surface area contributed by atoms with Gasteiger partial charge in [-0.2, -0.15) is 13.2 Å². The summed E-state index contributed by atoms with van der Waals surface area (Å²) in [7, 11) is 0. The Morgan fingerprint density at radius 2 is 1.58 bits per heavy atom. The van der Waals surface area contributed by atoms with Crippen molar-refractivity contribution in [3.8, 4) is 0 Å². The number of hydrogen-bond donors (Lipinski definition) is 3. The molecule has 1 saturated heterocycles. The lowest BCUT2D eigenvalue weighted by Gasteiger charge is -2.40. The lowest BCUT2D eigenvalue weighted by atomic mass is 9.72. The van der Waals surface area contributed by atoms with Crippen LogP contribution in [0.25, 0.3) is 10.9 Å². The molecule has 5 rings (SSSR count). The van der Waals surface area contributed by atoms with Gasteiger partial charge in [-0.15, -0.1) is 0 Å². The van der Waals surface area contributed by atoms with E-state index in [0.29, 0.717) is 55.8 Å². The summed E-state index contributed by atoms with van der Waals surface area (Å²) in [6.45, 7) is 9.41. The number of fused-ring (bicyclic) bond motifs is 3. The highest BCUT2D eigenvalue weighted by Gasteiger charge is 2.47. The molecule has 5 atom stereocenters. The predicted molar refractivity (Wildman–Crippen MR) is 192 cm³/mol. The third-order valence-corrected chi connectivity index (χ3v) is 11.3. The van der Waals surface area contributed by atoms with E-state index in [9.17, 15) is 36.7 Å². The van der Waals surface area contributed by atoms with Crippen LogP contribution in [0.1, 0.15) is 82.2 Å². The van der Waals surface area contributed by atoms with E-state index in [1.165, 1.54) is 24.3 Å². The maximum Gasteiger partial charge on any atom is 0.418 e. The molecule has 2 amide bonds. The highest BCUT2D eigenvalue weighted by molar-refractivity contribution is 5.99. The molecule has 0 saturated carbocycles. The van der Waals surface area contributed by atoms with E-state index in [4.69, 9.17) is 4.74 Å². The van der Waals surface area contributed by atoms with Gasteiger partial charge in [0.25, 0.3) is 0 Å². The third kappa shape index (κ3) is 9.17. The van der Waals surface area contributed by atoms with E-state index >= 15 is 0 Å². The summed E-state index contributed by atoms with van der Waals surface area (Å²) in [5, 5.41) is 5.11. The van der Waals surface area contributed by atoms with Crippen LogP contribution in [0.4, 0.5) is 17.6 Å². The third-order valence-electron chi connectivity index (χ3n) is 11.3. The molecular formula is C40H50F4N4O5. The largest absolute Gasteiger partial charge is 0.418 e. The van der Waals surface area contributed by atoms with Crippen LogP contribution >= 0.6 is 0 Å². The minimum atomic E-state index is -4.62. The van der Waals surface area contributed by atoms with E-state index in [0.717, 1.165) is 6.07 Å². The number of hydrazine groups is 1. The summed E-state index contributed by atoms with van der Waals surface area (Å²) in [6.07, 6.45) is -3.94. The topological polar surface area (TPSA) is 121 Å². The quantitative estimate of drug-likeness (QED) is 0.153. The monoisotopic (exact) mass is 742 g/mol. The van der Waals surface area contributed by atoms with Crippen molar-refractivity contribution in [3.05, 3.63) is 70.7 Å². The van der Waals surface area contributed by atoms with E-state index in [-0.39, 0.29) is 73.1 Å². The van der Waals surface area contributed by atoms with Crippen molar-refractivity contribution in [1.29, 1.82) is 0 Å². The number of morpholine rings is 1. The van der Waals surface area contributed by atoms with Crippen LogP contribution in [-0.4, -0.2) is 65.2 Å². The number of ether oxygens (including phenoxy) is 1. The summed E-state index contributed by atoms with van der Waals surface area (Å²) in [5.41, 5.74) is 1.73. The Kier molecular flexibility index (Phi) is 12.8. The molecular weight excluding hydrogens is 692 g/mol. The van der Waals surface area contributed by atoms with Crippen LogP contribution in [0.5, 0.6) is 0 Å².